The Labute approximate surface area is 122 Å². The van der Waals surface area contributed by atoms with Gasteiger partial charge in [-0.1, -0.05) is 32.9 Å². The molecule has 1 saturated heterocycles. The van der Waals surface area contributed by atoms with E-state index in [4.69, 9.17) is 12.2 Å². The predicted octanol–water partition coefficient (Wildman–Crippen LogP) is 4.24. The Morgan fingerprint density at radius 3 is 2.32 bits per heavy atom. The highest BCUT2D eigenvalue weighted by Crippen LogP contribution is 2.19. The molecule has 0 saturated carbocycles. The molecule has 1 fully saturated rings. The van der Waals surface area contributed by atoms with Crippen LogP contribution in [0.2, 0.25) is 0 Å². The summed E-state index contributed by atoms with van der Waals surface area (Å²) in [7, 11) is 0. The summed E-state index contributed by atoms with van der Waals surface area (Å²) in [6.45, 7) is 8.90. The van der Waals surface area contributed by atoms with Gasteiger partial charge in [-0.05, 0) is 54.6 Å². The maximum atomic E-state index is 5.49. The van der Waals surface area contributed by atoms with Crippen LogP contribution < -0.4 is 5.32 Å². The van der Waals surface area contributed by atoms with E-state index in [1.54, 1.807) is 0 Å². The zero-order valence-corrected chi connectivity index (χ0v) is 13.0. The van der Waals surface area contributed by atoms with Crippen molar-refractivity contribution in [1.29, 1.82) is 0 Å². The second-order valence-electron chi connectivity index (χ2n) is 5.88. The van der Waals surface area contributed by atoms with E-state index < -0.39 is 0 Å². The lowest BCUT2D eigenvalue weighted by Crippen LogP contribution is -2.40. The Kier molecular flexibility index (Phi) is 4.81. The topological polar surface area (TPSA) is 15.3 Å². The van der Waals surface area contributed by atoms with Crippen LogP contribution in [0.1, 0.15) is 45.1 Å². The second kappa shape index (κ2) is 6.38. The van der Waals surface area contributed by atoms with Crippen molar-refractivity contribution in [1.82, 2.24) is 4.90 Å². The fourth-order valence-electron chi connectivity index (χ4n) is 2.37. The molecule has 0 aliphatic carbocycles. The third-order valence-electron chi connectivity index (χ3n) is 3.90. The number of benzene rings is 1. The van der Waals surface area contributed by atoms with Gasteiger partial charge in [-0.3, -0.25) is 0 Å². The van der Waals surface area contributed by atoms with E-state index in [1.165, 1.54) is 18.4 Å². The van der Waals surface area contributed by atoms with Gasteiger partial charge in [0, 0.05) is 18.8 Å². The Balaban J connectivity index is 1.91. The molecule has 1 aromatic rings. The molecule has 0 spiro atoms. The van der Waals surface area contributed by atoms with Crippen LogP contribution in [0, 0.1) is 5.92 Å². The average molecular weight is 276 g/mol. The minimum absolute atomic E-state index is 0.574. The summed E-state index contributed by atoms with van der Waals surface area (Å²) < 4.78 is 0. The van der Waals surface area contributed by atoms with Gasteiger partial charge in [-0.25, -0.2) is 0 Å². The zero-order valence-electron chi connectivity index (χ0n) is 12.1. The van der Waals surface area contributed by atoms with Crippen molar-refractivity contribution >= 4 is 23.0 Å². The highest BCUT2D eigenvalue weighted by molar-refractivity contribution is 7.80. The molecule has 3 heteroatoms. The molecule has 0 aromatic heterocycles. The molecule has 0 radical (unpaired) electrons. The molecule has 1 aliphatic heterocycles. The number of piperidine rings is 1. The van der Waals surface area contributed by atoms with Crippen LogP contribution in [-0.2, 0) is 0 Å². The standard InChI is InChI=1S/C16H24N2S/c1-12(2)14-4-6-15(7-5-14)17-16(19)18-10-8-13(3)9-11-18/h4-7,12-13H,8-11H2,1-3H3,(H,17,19). The van der Waals surface area contributed by atoms with Crippen molar-refractivity contribution in [3.05, 3.63) is 29.8 Å². The summed E-state index contributed by atoms with van der Waals surface area (Å²) in [5.41, 5.74) is 2.45. The molecule has 0 atom stereocenters. The van der Waals surface area contributed by atoms with E-state index in [1.807, 2.05) is 0 Å². The fourth-order valence-corrected chi connectivity index (χ4v) is 2.67. The van der Waals surface area contributed by atoms with Crippen LogP contribution in [0.3, 0.4) is 0 Å². The number of hydrogen-bond donors (Lipinski definition) is 1. The van der Waals surface area contributed by atoms with Crippen molar-refractivity contribution in [3.63, 3.8) is 0 Å². The average Bonchev–Trinajstić information content (AvgIpc) is 2.40. The smallest absolute Gasteiger partial charge is 0.173 e. The minimum Gasteiger partial charge on any atom is -0.349 e. The number of anilines is 1. The normalized spacial score (nSPS) is 16.7. The van der Waals surface area contributed by atoms with Crippen molar-refractivity contribution in [2.45, 2.75) is 39.5 Å². The number of thiocarbonyl (C=S) groups is 1. The number of nitrogens with zero attached hydrogens (tertiary/aromatic N) is 1. The Bertz CT molecular complexity index is 417. The number of nitrogens with one attached hydrogen (secondary N) is 1. The van der Waals surface area contributed by atoms with Crippen molar-refractivity contribution in [2.75, 3.05) is 18.4 Å². The molecule has 2 rings (SSSR count). The molecule has 2 nitrogen and oxygen atoms in total. The minimum atomic E-state index is 0.574. The van der Waals surface area contributed by atoms with Gasteiger partial charge in [0.25, 0.3) is 0 Å². The van der Waals surface area contributed by atoms with Crippen LogP contribution in [0.15, 0.2) is 24.3 Å². The maximum absolute atomic E-state index is 5.49. The van der Waals surface area contributed by atoms with Gasteiger partial charge in [-0.15, -0.1) is 0 Å². The first-order valence-corrected chi connectivity index (χ1v) is 7.63. The molecular weight excluding hydrogens is 252 g/mol. The summed E-state index contributed by atoms with van der Waals surface area (Å²) in [6, 6.07) is 8.59. The van der Waals surface area contributed by atoms with E-state index in [0.29, 0.717) is 5.92 Å². The van der Waals surface area contributed by atoms with Gasteiger partial charge < -0.3 is 10.2 Å². The first-order valence-electron chi connectivity index (χ1n) is 7.22. The highest BCUT2D eigenvalue weighted by atomic mass is 32.1. The fraction of sp³-hybridized carbons (Fsp3) is 0.562. The second-order valence-corrected chi connectivity index (χ2v) is 6.26. The Morgan fingerprint density at radius 2 is 1.79 bits per heavy atom. The number of rotatable bonds is 2. The third-order valence-corrected chi connectivity index (χ3v) is 4.26. The highest BCUT2D eigenvalue weighted by Gasteiger charge is 2.17. The van der Waals surface area contributed by atoms with E-state index in [2.05, 4.69) is 55.3 Å². The Morgan fingerprint density at radius 1 is 1.21 bits per heavy atom. The lowest BCUT2D eigenvalue weighted by molar-refractivity contribution is 0.283. The molecule has 0 bridgehead atoms. The summed E-state index contributed by atoms with van der Waals surface area (Å²) in [5.74, 6) is 1.41. The van der Waals surface area contributed by atoms with Gasteiger partial charge >= 0.3 is 0 Å². The number of hydrogen-bond acceptors (Lipinski definition) is 1. The molecule has 0 unspecified atom stereocenters. The molecule has 0 amide bonds. The molecule has 104 valence electrons. The van der Waals surface area contributed by atoms with Crippen molar-refractivity contribution < 1.29 is 0 Å². The molecule has 19 heavy (non-hydrogen) atoms. The van der Waals surface area contributed by atoms with Gasteiger partial charge in [0.1, 0.15) is 0 Å². The van der Waals surface area contributed by atoms with E-state index in [0.717, 1.165) is 29.8 Å². The lowest BCUT2D eigenvalue weighted by Gasteiger charge is -2.32. The summed E-state index contributed by atoms with van der Waals surface area (Å²) >= 11 is 5.49. The van der Waals surface area contributed by atoms with E-state index >= 15 is 0 Å². The Hall–Kier alpha value is -1.09. The molecule has 1 heterocycles. The van der Waals surface area contributed by atoms with Gasteiger partial charge in [0.2, 0.25) is 0 Å². The van der Waals surface area contributed by atoms with Gasteiger partial charge in [0.05, 0.1) is 0 Å². The van der Waals surface area contributed by atoms with E-state index in [9.17, 15) is 0 Å². The van der Waals surface area contributed by atoms with Gasteiger partial charge in [-0.2, -0.15) is 0 Å². The summed E-state index contributed by atoms with van der Waals surface area (Å²) in [6.07, 6.45) is 2.49. The molecular formula is C16H24N2S. The van der Waals surface area contributed by atoms with Crippen LogP contribution >= 0.6 is 12.2 Å². The maximum Gasteiger partial charge on any atom is 0.173 e. The van der Waals surface area contributed by atoms with Crippen LogP contribution in [-0.4, -0.2) is 23.1 Å². The van der Waals surface area contributed by atoms with Crippen LogP contribution in [0.25, 0.3) is 0 Å². The van der Waals surface area contributed by atoms with Gasteiger partial charge in [0.15, 0.2) is 5.11 Å². The summed E-state index contributed by atoms with van der Waals surface area (Å²) in [4.78, 5) is 2.28. The zero-order chi connectivity index (χ0) is 13.8. The monoisotopic (exact) mass is 276 g/mol. The quantitative estimate of drug-likeness (QED) is 0.813. The largest absolute Gasteiger partial charge is 0.349 e. The van der Waals surface area contributed by atoms with Crippen LogP contribution in [0.5, 0.6) is 0 Å². The lowest BCUT2D eigenvalue weighted by atomic mass is 10.00. The van der Waals surface area contributed by atoms with Crippen molar-refractivity contribution in [2.24, 2.45) is 5.92 Å². The number of likely N-dealkylation sites (tertiary alicyclic amines) is 1. The summed E-state index contributed by atoms with van der Waals surface area (Å²) in [5, 5.41) is 4.21. The molecule has 1 aliphatic rings. The van der Waals surface area contributed by atoms with E-state index in [-0.39, 0.29) is 0 Å². The first-order chi connectivity index (χ1) is 9.06. The SMILES string of the molecule is CC1CCN(C(=S)Nc2ccc(C(C)C)cc2)CC1. The molecule has 1 N–H and O–H groups in total. The van der Waals surface area contributed by atoms with Crippen LogP contribution in [0.4, 0.5) is 5.69 Å². The first kappa shape index (κ1) is 14.3. The predicted molar refractivity (Wildman–Crippen MR) is 86.7 cm³/mol. The van der Waals surface area contributed by atoms with Crippen molar-refractivity contribution in [3.8, 4) is 0 Å². The third kappa shape index (κ3) is 3.93. The molecule has 1 aromatic carbocycles.